The van der Waals surface area contributed by atoms with E-state index in [9.17, 15) is 0 Å². The summed E-state index contributed by atoms with van der Waals surface area (Å²) < 4.78 is 4.19. The molecule has 0 aromatic carbocycles. The van der Waals surface area contributed by atoms with Crippen LogP contribution in [0.15, 0.2) is 24.8 Å². The first-order valence-corrected chi connectivity index (χ1v) is 8.80. The second kappa shape index (κ2) is 6.74. The normalized spacial score (nSPS) is 17.6. The Kier molecular flexibility index (Phi) is 4.27. The Morgan fingerprint density at radius 1 is 1.23 bits per heavy atom. The summed E-state index contributed by atoms with van der Waals surface area (Å²) in [7, 11) is 2.04. The maximum Gasteiger partial charge on any atom is 0.152 e. The number of anilines is 2. The van der Waals surface area contributed by atoms with Crippen molar-refractivity contribution in [3.63, 3.8) is 0 Å². The highest BCUT2D eigenvalue weighted by Crippen LogP contribution is 2.28. The van der Waals surface area contributed by atoms with Crippen LogP contribution in [0.5, 0.6) is 0 Å². The van der Waals surface area contributed by atoms with Gasteiger partial charge in [-0.15, -0.1) is 10.2 Å². The number of hydrogen-bond donors (Lipinski definition) is 1. The molecule has 0 bridgehead atoms. The molecule has 0 spiro atoms. The molecule has 4 heterocycles. The van der Waals surface area contributed by atoms with Crippen molar-refractivity contribution in [2.45, 2.75) is 32.2 Å². The van der Waals surface area contributed by atoms with Gasteiger partial charge in [-0.3, -0.25) is 0 Å². The number of imidazole rings is 1. The van der Waals surface area contributed by atoms with Crippen LogP contribution < -0.4 is 10.6 Å². The third kappa shape index (κ3) is 3.12. The Bertz CT molecular complexity index is 897. The average molecular weight is 353 g/mol. The maximum absolute atomic E-state index is 5.80. The lowest BCUT2D eigenvalue weighted by atomic mass is 9.97. The molecular formula is C17H23N9. The molecule has 136 valence electrons. The summed E-state index contributed by atoms with van der Waals surface area (Å²) in [4.78, 5) is 14.9. The number of nitrogen functional groups attached to an aromatic ring is 1. The van der Waals surface area contributed by atoms with Crippen LogP contribution in [0.25, 0.3) is 0 Å². The van der Waals surface area contributed by atoms with Crippen LogP contribution in [0.3, 0.4) is 0 Å². The van der Waals surface area contributed by atoms with E-state index in [1.807, 2.05) is 26.2 Å². The van der Waals surface area contributed by atoms with Crippen LogP contribution >= 0.6 is 0 Å². The van der Waals surface area contributed by atoms with E-state index in [1.165, 1.54) is 6.33 Å². The van der Waals surface area contributed by atoms with Gasteiger partial charge >= 0.3 is 0 Å². The van der Waals surface area contributed by atoms with Crippen molar-refractivity contribution in [1.82, 2.24) is 34.3 Å². The molecule has 0 saturated carbocycles. The van der Waals surface area contributed by atoms with Gasteiger partial charge in [-0.25, -0.2) is 15.0 Å². The van der Waals surface area contributed by atoms with Crippen molar-refractivity contribution in [2.24, 2.45) is 7.05 Å². The van der Waals surface area contributed by atoms with E-state index in [0.717, 1.165) is 49.2 Å². The van der Waals surface area contributed by atoms with Gasteiger partial charge in [0.1, 0.15) is 29.6 Å². The quantitative estimate of drug-likeness (QED) is 0.749. The Balaban J connectivity index is 1.53. The minimum absolute atomic E-state index is 0.315. The topological polar surface area (TPSA) is 104 Å². The van der Waals surface area contributed by atoms with Gasteiger partial charge in [0.05, 0.1) is 6.54 Å². The van der Waals surface area contributed by atoms with E-state index in [4.69, 9.17) is 5.73 Å². The minimum Gasteiger partial charge on any atom is -0.384 e. The van der Waals surface area contributed by atoms with E-state index >= 15 is 0 Å². The summed E-state index contributed by atoms with van der Waals surface area (Å²) >= 11 is 0. The summed E-state index contributed by atoms with van der Waals surface area (Å²) in [6.45, 7) is 4.48. The van der Waals surface area contributed by atoms with Crippen LogP contribution in [-0.4, -0.2) is 47.4 Å². The molecule has 0 amide bonds. The molecule has 0 radical (unpaired) electrons. The summed E-state index contributed by atoms with van der Waals surface area (Å²) in [5, 5.41) is 8.91. The van der Waals surface area contributed by atoms with Crippen molar-refractivity contribution in [2.75, 3.05) is 23.7 Å². The van der Waals surface area contributed by atoms with Gasteiger partial charge in [-0.2, -0.15) is 0 Å². The highest BCUT2D eigenvalue weighted by atomic mass is 15.3. The number of nitrogens with zero attached hydrogens (tertiary/aromatic N) is 8. The molecule has 1 fully saturated rings. The summed E-state index contributed by atoms with van der Waals surface area (Å²) in [5.41, 5.74) is 5.80. The van der Waals surface area contributed by atoms with Crippen molar-refractivity contribution < 1.29 is 0 Å². The van der Waals surface area contributed by atoms with Crippen LogP contribution in [0.4, 0.5) is 11.6 Å². The molecule has 1 aliphatic heterocycles. The molecule has 0 aliphatic carbocycles. The van der Waals surface area contributed by atoms with E-state index in [1.54, 1.807) is 6.20 Å². The van der Waals surface area contributed by atoms with Gasteiger partial charge in [-0.05, 0) is 19.8 Å². The predicted octanol–water partition coefficient (Wildman–Crippen LogP) is 1.12. The van der Waals surface area contributed by atoms with Crippen molar-refractivity contribution in [1.29, 1.82) is 0 Å². The zero-order valence-corrected chi connectivity index (χ0v) is 15.1. The number of rotatable bonds is 4. The molecule has 2 N–H and O–H groups in total. The van der Waals surface area contributed by atoms with Crippen molar-refractivity contribution >= 4 is 11.6 Å². The third-order valence-electron chi connectivity index (χ3n) is 5.02. The average Bonchev–Trinajstić information content (AvgIpc) is 3.22. The highest BCUT2D eigenvalue weighted by molar-refractivity contribution is 5.46. The number of nitrogens with two attached hydrogens (primary N) is 1. The number of aromatic nitrogens is 7. The molecule has 26 heavy (non-hydrogen) atoms. The summed E-state index contributed by atoms with van der Waals surface area (Å²) in [5.74, 6) is 4.61. The number of hydrogen-bond acceptors (Lipinski definition) is 7. The lowest BCUT2D eigenvalue weighted by molar-refractivity contribution is 0.475. The van der Waals surface area contributed by atoms with E-state index < -0.39 is 0 Å². The zero-order chi connectivity index (χ0) is 18.1. The van der Waals surface area contributed by atoms with Crippen molar-refractivity contribution in [3.05, 3.63) is 42.3 Å². The van der Waals surface area contributed by atoms with Crippen molar-refractivity contribution in [3.8, 4) is 0 Å². The molecule has 9 heteroatoms. The van der Waals surface area contributed by atoms with Gasteiger partial charge in [-0.1, -0.05) is 0 Å². The molecule has 1 saturated heterocycles. The Morgan fingerprint density at radius 2 is 2.12 bits per heavy atom. The molecule has 3 aromatic heterocycles. The number of aryl methyl sites for hydroxylation is 1. The standard InChI is InChI=1S/C17H23N9/c1-12-19-5-7-25(12)10-16-22-23-17(24(16)2)13-4-3-6-26(9-13)15-8-14(18)20-11-21-15/h5,7-8,11,13H,3-4,6,9-10H2,1-2H3,(H2,18,20,21)/t13-/m0/s1. The lowest BCUT2D eigenvalue weighted by Crippen LogP contribution is -2.36. The Labute approximate surface area is 151 Å². The largest absolute Gasteiger partial charge is 0.384 e. The molecule has 1 atom stereocenters. The summed E-state index contributed by atoms with van der Waals surface area (Å²) in [6.07, 6.45) is 7.46. The smallest absolute Gasteiger partial charge is 0.152 e. The Morgan fingerprint density at radius 3 is 2.88 bits per heavy atom. The van der Waals surface area contributed by atoms with E-state index in [2.05, 4.69) is 39.2 Å². The second-order valence-electron chi connectivity index (χ2n) is 6.72. The zero-order valence-electron chi connectivity index (χ0n) is 15.1. The number of piperidine rings is 1. The van der Waals surface area contributed by atoms with Crippen LogP contribution in [0.1, 0.15) is 36.2 Å². The monoisotopic (exact) mass is 353 g/mol. The molecule has 9 nitrogen and oxygen atoms in total. The predicted molar refractivity (Wildman–Crippen MR) is 97.7 cm³/mol. The fourth-order valence-electron chi connectivity index (χ4n) is 3.52. The van der Waals surface area contributed by atoms with Gasteiger partial charge in [0, 0.05) is 44.5 Å². The minimum atomic E-state index is 0.315. The van der Waals surface area contributed by atoms with E-state index in [-0.39, 0.29) is 0 Å². The highest BCUT2D eigenvalue weighted by Gasteiger charge is 2.27. The van der Waals surface area contributed by atoms with Gasteiger partial charge in [0.2, 0.25) is 0 Å². The van der Waals surface area contributed by atoms with Crippen LogP contribution in [0, 0.1) is 6.92 Å². The molecule has 0 unspecified atom stereocenters. The first-order valence-electron chi connectivity index (χ1n) is 8.80. The van der Waals surface area contributed by atoms with E-state index in [0.29, 0.717) is 18.3 Å². The van der Waals surface area contributed by atoms with Gasteiger partial charge in [0.25, 0.3) is 0 Å². The molecular weight excluding hydrogens is 330 g/mol. The summed E-state index contributed by atoms with van der Waals surface area (Å²) in [6, 6.07) is 1.83. The van der Waals surface area contributed by atoms with Gasteiger partial charge in [0.15, 0.2) is 5.82 Å². The fourth-order valence-corrected chi connectivity index (χ4v) is 3.52. The fraction of sp³-hybridized carbons (Fsp3) is 0.471. The second-order valence-corrected chi connectivity index (χ2v) is 6.72. The third-order valence-corrected chi connectivity index (χ3v) is 5.02. The molecule has 3 aromatic rings. The molecule has 1 aliphatic rings. The SMILES string of the molecule is Cc1nccn1Cc1nnc([C@H]2CCCN(c3cc(N)ncn3)C2)n1C. The molecule has 4 rings (SSSR count). The lowest BCUT2D eigenvalue weighted by Gasteiger charge is -2.33. The Hall–Kier alpha value is -2.97. The van der Waals surface area contributed by atoms with Crippen LogP contribution in [0.2, 0.25) is 0 Å². The van der Waals surface area contributed by atoms with Crippen LogP contribution in [-0.2, 0) is 13.6 Å². The van der Waals surface area contributed by atoms with Gasteiger partial charge < -0.3 is 19.8 Å². The first-order chi connectivity index (χ1) is 12.6. The maximum atomic E-state index is 5.80. The first kappa shape index (κ1) is 16.5.